The molecule has 0 spiro atoms. The molecule has 0 unspecified atom stereocenters. The number of Topliss-reactive ketones (excluding diaryl/α,β-unsaturated/α-hetero) is 7. The average Bonchev–Trinajstić information content (AvgIpc) is 1.14. The van der Waals surface area contributed by atoms with Gasteiger partial charge in [0.25, 0.3) is 0 Å². The van der Waals surface area contributed by atoms with Gasteiger partial charge in [0.2, 0.25) is 0 Å². The number of aliphatic hydroxyl groups is 11. The molecule has 0 bridgehead atoms. The third kappa shape index (κ3) is 447. The molecule has 112 heavy (non-hydrogen) atoms. The average molecular weight is 1770 g/mol. The molecule has 0 heterocycles. The molecule has 32 nitrogen and oxygen atoms in total. The van der Waals surface area contributed by atoms with Crippen molar-refractivity contribution in [2.24, 2.45) is 0 Å². The zero-order chi connectivity index (χ0) is 90.2. The minimum atomic E-state index is -1.29. The quantitative estimate of drug-likeness (QED) is 0.0322. The van der Waals surface area contributed by atoms with Crippen LogP contribution in [0.4, 0.5) is 0 Å². The summed E-state index contributed by atoms with van der Waals surface area (Å²) in [7, 11) is 0. The van der Waals surface area contributed by atoms with Crippen LogP contribution in [-0.4, -0.2) is 218 Å². The van der Waals surface area contributed by atoms with Gasteiger partial charge < -0.3 is 116 Å². The first kappa shape index (κ1) is 167. The van der Waals surface area contributed by atoms with Gasteiger partial charge in [-0.3, -0.25) is 43.2 Å². The number of rotatable bonds is 34. The van der Waals surface area contributed by atoms with Gasteiger partial charge in [0, 0.05) is 242 Å². The Morgan fingerprint density at radius 1 is 0.232 bits per heavy atom. The third-order valence-corrected chi connectivity index (χ3v) is 8.13. The number of carbonyl (C=O) groups is 14. The summed E-state index contributed by atoms with van der Waals surface area (Å²) in [6, 6.07) is 0. The van der Waals surface area contributed by atoms with Gasteiger partial charge in [0.05, 0.1) is 0 Å². The minimum absolute atomic E-state index is 0. The molecule has 0 aliphatic heterocycles. The molecule has 0 aromatic heterocycles. The summed E-state index contributed by atoms with van der Waals surface area (Å²) in [5.41, 5.74) is 0. The van der Waals surface area contributed by atoms with E-state index in [1.807, 2.05) is 20.8 Å². The molecule has 36 heteroatoms. The summed E-state index contributed by atoms with van der Waals surface area (Å²) in [4.78, 5) is 140. The number of ketones is 7. The van der Waals surface area contributed by atoms with Crippen LogP contribution in [0.3, 0.4) is 0 Å². The zero-order valence-electron chi connectivity index (χ0n) is 72.7. The first-order chi connectivity index (χ1) is 49.6. The van der Waals surface area contributed by atoms with Crippen LogP contribution in [0.5, 0.6) is 0 Å². The predicted octanol–water partition coefficient (Wildman–Crippen LogP) is 3.78. The van der Waals surface area contributed by atoms with Crippen molar-refractivity contribution >= 4 is 82.3 Å². The Kier molecular flexibility index (Phi) is 233. The summed E-state index contributed by atoms with van der Waals surface area (Å²) < 4.78 is 0. The van der Waals surface area contributed by atoms with E-state index < -0.39 is 73.9 Å². The van der Waals surface area contributed by atoms with Gasteiger partial charge in [-0.15, -0.1) is 0 Å². The van der Waals surface area contributed by atoms with E-state index in [1.165, 1.54) is 0 Å². The fourth-order valence-electron chi connectivity index (χ4n) is 3.53. The number of unbranched alkanes of at least 4 members (excludes halogenated alkanes) is 5. The zero-order valence-corrected chi connectivity index (χ0v) is 78.9. The fraction of sp³-hybridized carbons (Fsp3) is 0.816. The summed E-state index contributed by atoms with van der Waals surface area (Å²) >= 11 is 0. The number of hydrogen-bond acceptors (Lipinski definition) is 30. The van der Waals surface area contributed by atoms with Gasteiger partial charge in [-0.25, -0.2) is 0 Å². The van der Waals surface area contributed by atoms with Crippen LogP contribution >= 0.6 is 0 Å². The van der Waals surface area contributed by atoms with Gasteiger partial charge >= 0.3 is 33.7 Å². The van der Waals surface area contributed by atoms with Crippen molar-refractivity contribution in [3.63, 3.8) is 0 Å². The van der Waals surface area contributed by atoms with E-state index in [2.05, 4.69) is 34.6 Å². The van der Waals surface area contributed by atoms with Crippen molar-refractivity contribution < 1.29 is 246 Å². The Hall–Kier alpha value is -3.60. The molecular weight excluding hydrogens is 1620 g/mol. The monoisotopic (exact) mass is 1770 g/mol. The maximum absolute atomic E-state index is 10.4. The molecule has 0 saturated heterocycles. The van der Waals surface area contributed by atoms with E-state index in [9.17, 15) is 92.7 Å². The van der Waals surface area contributed by atoms with E-state index in [-0.39, 0.29) is 190 Å². The van der Waals surface area contributed by atoms with Crippen LogP contribution in [0.15, 0.2) is 0 Å². The van der Waals surface area contributed by atoms with Crippen molar-refractivity contribution in [2.45, 2.75) is 376 Å². The van der Waals surface area contributed by atoms with Crippen molar-refractivity contribution in [3.8, 4) is 0 Å². The number of aliphatic carboxylic acids is 7. The topological polar surface area (TPSA) is 617 Å². The number of carbonyl (C=O) groups excluding carboxylic acids is 12. The maximum atomic E-state index is 10.4. The van der Waals surface area contributed by atoms with Crippen molar-refractivity contribution in [1.29, 1.82) is 0 Å². The second kappa shape index (κ2) is 156. The summed E-state index contributed by atoms with van der Waals surface area (Å²) in [5, 5.41) is 153. The van der Waals surface area contributed by atoms with Gasteiger partial charge in [0.15, 0.2) is 0 Å². The predicted molar refractivity (Wildman–Crippen MR) is 408 cm³/mol. The molecule has 0 radical (unpaired) electrons. The smallest absolute Gasteiger partial charge is 0.550 e. The number of hydrogen-bond donors (Lipinski definition) is 13. The molecule has 0 amide bonds. The van der Waals surface area contributed by atoms with Gasteiger partial charge in [0.1, 0.15) is 53.3 Å². The molecule has 0 aliphatic carbocycles. The number of carboxylic acids is 7. The molecule has 0 saturated carbocycles. The van der Waals surface area contributed by atoms with E-state index in [0.29, 0.717) is 84.4 Å². The standard InChI is InChI=1S/3C6H10O3.4C5H8O3.5C4H10O.6C3H8O.4Ti/c3*1-2-3-5(7)4-6(8)9;4*1-2-4(6)3-5(7)8;5*1-2-3-4-5;6*1-3(2)4;;;;/h3*2-4H2,1H3,(H,8,9);4*2-3H2,1H3,(H,7,8);5*5H,2-4H2,1H3;6*3-4H,1-2H3;;;;/q;;;;;;;;;;;;;;;;;;;;;+2/p-5. The van der Waals surface area contributed by atoms with E-state index >= 15 is 0 Å². The van der Waals surface area contributed by atoms with Crippen LogP contribution < -0.4 is 25.5 Å². The molecule has 0 aromatic carbocycles. The number of aliphatic hydroxyl groups excluding tert-OH is 11. The Balaban J connectivity index is -0.0000000385. The minimum Gasteiger partial charge on any atom is -0.550 e. The van der Waals surface area contributed by atoms with Crippen molar-refractivity contribution in [1.82, 2.24) is 0 Å². The maximum Gasteiger partial charge on any atom is 2.00 e. The first-order valence-electron chi connectivity index (χ1n) is 36.8. The molecule has 0 fully saturated rings. The molecule has 0 atom stereocenters. The normalized spacial score (nSPS) is 8.44. The van der Waals surface area contributed by atoms with E-state index in [0.717, 1.165) is 64.2 Å². The molecule has 0 aromatic rings. The molecular formula is C76H155O32Ti4-3. The van der Waals surface area contributed by atoms with Gasteiger partial charge in [-0.1, -0.05) is 115 Å². The van der Waals surface area contributed by atoms with Crippen molar-refractivity contribution in [3.05, 3.63) is 0 Å². The molecule has 0 aliphatic rings. The van der Waals surface area contributed by atoms with E-state index in [1.54, 1.807) is 111 Å². The van der Waals surface area contributed by atoms with E-state index in [4.69, 9.17) is 66.4 Å². The van der Waals surface area contributed by atoms with Crippen LogP contribution in [0.2, 0.25) is 0 Å². The first-order valence-corrected chi connectivity index (χ1v) is 36.8. The number of carboxylic acid groups (broad SMARTS) is 7. The van der Waals surface area contributed by atoms with Crippen LogP contribution in [-0.2, 0) is 154 Å². The summed E-state index contributed by atoms with van der Waals surface area (Å²) in [6.07, 6.45) is 10.6. The van der Waals surface area contributed by atoms with Crippen LogP contribution in [0.1, 0.15) is 340 Å². The SMILES string of the molecule is CC(C)O.CC(C)O.CC(C)O.CC(C)O.CC(C)O.CC(C)O.CCC(=O)CC(=O)O.CCC(=O)CC(=O)O.CCC(=O)CC(=O)[O-].CCC(=O)CC(=O)[O-].CCCC(=O)CC(=O)[O-].CCCC(=O)CC(=O)[O-].CCCC(=O)CC(=O)[O-].CCCCO.CCCCO.CCCCO.CCCCO.CCCCO.[Ti+2].[Ti].[Ti].[Ti]. The summed E-state index contributed by atoms with van der Waals surface area (Å²) in [5.74, 6) is -10.3. The largest absolute Gasteiger partial charge is 2.00 e. The van der Waals surface area contributed by atoms with Crippen molar-refractivity contribution in [2.75, 3.05) is 33.0 Å². The van der Waals surface area contributed by atoms with Gasteiger partial charge in [-0.2, -0.15) is 0 Å². The summed E-state index contributed by atoms with van der Waals surface area (Å²) in [6.45, 7) is 44.6. The third-order valence-electron chi connectivity index (χ3n) is 8.13. The van der Waals surface area contributed by atoms with Crippen LogP contribution in [0, 0.1) is 0 Å². The molecule has 0 rings (SSSR count). The second-order valence-corrected chi connectivity index (χ2v) is 23.3. The Morgan fingerprint density at radius 2 is 0.339 bits per heavy atom. The fourth-order valence-corrected chi connectivity index (χ4v) is 3.53. The van der Waals surface area contributed by atoms with Crippen LogP contribution in [0.25, 0.3) is 0 Å². The molecule has 670 valence electrons. The Morgan fingerprint density at radius 3 is 0.384 bits per heavy atom. The molecule has 13 N–H and O–H groups in total. The Labute approximate surface area is 732 Å². The van der Waals surface area contributed by atoms with Gasteiger partial charge in [-0.05, 0) is 134 Å². The Bertz CT molecular complexity index is 1650. The second-order valence-electron chi connectivity index (χ2n) is 23.3.